The molecule has 10 heteroatoms. The van der Waals surface area contributed by atoms with Gasteiger partial charge in [0.1, 0.15) is 6.61 Å². The van der Waals surface area contributed by atoms with Gasteiger partial charge >= 0.3 is 0 Å². The van der Waals surface area contributed by atoms with Gasteiger partial charge in [0.15, 0.2) is 0 Å². The van der Waals surface area contributed by atoms with Crippen LogP contribution in [0.5, 0.6) is 0 Å². The predicted molar refractivity (Wildman–Crippen MR) is 160 cm³/mol. The molecule has 1 aromatic heterocycles. The van der Waals surface area contributed by atoms with E-state index in [1.165, 1.54) is 0 Å². The molecule has 0 saturated heterocycles. The van der Waals surface area contributed by atoms with E-state index in [9.17, 15) is 18.0 Å². The number of nitrogens with one attached hydrogen (secondary N) is 2. The van der Waals surface area contributed by atoms with Crippen molar-refractivity contribution in [2.75, 3.05) is 6.26 Å². The number of nitrogens with zero attached hydrogens (tertiary/aromatic N) is 2. The van der Waals surface area contributed by atoms with Crippen molar-refractivity contribution in [3.63, 3.8) is 0 Å². The first-order chi connectivity index (χ1) is 20.0. The summed E-state index contributed by atoms with van der Waals surface area (Å²) in [5.74, 6) is -1.40. The monoisotopic (exact) mass is 590 g/mol. The molecule has 1 fully saturated rings. The quantitative estimate of drug-likeness (QED) is 0.376. The molecule has 1 aliphatic heterocycles. The second kappa shape index (κ2) is 12.3. The van der Waals surface area contributed by atoms with Crippen molar-refractivity contribution in [1.29, 1.82) is 0 Å². The van der Waals surface area contributed by atoms with Gasteiger partial charge in [-0.2, -0.15) is 0 Å². The van der Waals surface area contributed by atoms with Crippen molar-refractivity contribution in [2.45, 2.75) is 77.1 Å². The van der Waals surface area contributed by atoms with Crippen LogP contribution >= 0.6 is 0 Å². The molecule has 0 radical (unpaired) electrons. The summed E-state index contributed by atoms with van der Waals surface area (Å²) in [7, 11) is -3.53. The topological polar surface area (TPSA) is 118 Å². The standard InChI is InChI=1S/C32H38N4O5S/c1-20-16-17-24(21(2)18-20)30-29(31(37)34-41-19-23-11-9-10-22(3)33-23)25-12-5-6-13-26(25)32(38)36(30)28-15-8-7-14-27(28)35-42(4,39)40/h5-6,9-13,16-18,27-30,35H,7-8,14-15,19H2,1-4H3,(H,34,37)/t27?,28-,29+,30-/m0/s1. The maximum atomic E-state index is 14.4. The zero-order chi connectivity index (χ0) is 30.0. The van der Waals surface area contributed by atoms with E-state index in [0.717, 1.165) is 41.5 Å². The number of amides is 2. The fraction of sp³-hybridized carbons (Fsp3) is 0.406. The van der Waals surface area contributed by atoms with E-state index in [1.807, 2.05) is 69.3 Å². The molecule has 1 saturated carbocycles. The summed E-state index contributed by atoms with van der Waals surface area (Å²) in [6, 6.07) is 17.2. The number of hydrogen-bond donors (Lipinski definition) is 2. The first kappa shape index (κ1) is 29.9. The molecule has 9 nitrogen and oxygen atoms in total. The number of benzene rings is 2. The molecule has 2 amide bonds. The number of aryl methyl sites for hydroxylation is 3. The number of fused-ring (bicyclic) bond motifs is 1. The Labute approximate surface area is 247 Å². The molecule has 3 aromatic rings. The number of sulfonamides is 1. The lowest BCUT2D eigenvalue weighted by molar-refractivity contribution is -0.138. The summed E-state index contributed by atoms with van der Waals surface area (Å²) in [5, 5.41) is 0. The van der Waals surface area contributed by atoms with Gasteiger partial charge in [-0.05, 0) is 68.5 Å². The molecule has 1 unspecified atom stereocenters. The van der Waals surface area contributed by atoms with Crippen LogP contribution in [0.25, 0.3) is 0 Å². The number of hydrogen-bond acceptors (Lipinski definition) is 6. The molecule has 0 bridgehead atoms. The van der Waals surface area contributed by atoms with Crippen LogP contribution in [-0.4, -0.2) is 48.5 Å². The number of carbonyl (C=O) groups is 2. The van der Waals surface area contributed by atoms with E-state index in [1.54, 1.807) is 17.0 Å². The lowest BCUT2D eigenvalue weighted by Crippen LogP contribution is -2.59. The number of pyridine rings is 1. The van der Waals surface area contributed by atoms with Crippen LogP contribution in [0.1, 0.15) is 81.6 Å². The Morgan fingerprint density at radius 3 is 2.50 bits per heavy atom. The molecule has 1 aliphatic carbocycles. The highest BCUT2D eigenvalue weighted by molar-refractivity contribution is 7.88. The van der Waals surface area contributed by atoms with E-state index < -0.39 is 34.1 Å². The normalized spacial score (nSPS) is 22.5. The summed E-state index contributed by atoms with van der Waals surface area (Å²) in [6.07, 6.45) is 4.06. The van der Waals surface area contributed by atoms with Crippen molar-refractivity contribution >= 4 is 21.8 Å². The van der Waals surface area contributed by atoms with Crippen molar-refractivity contribution in [2.24, 2.45) is 0 Å². The van der Waals surface area contributed by atoms with Crippen molar-refractivity contribution in [3.8, 4) is 0 Å². The lowest BCUT2D eigenvalue weighted by Gasteiger charge is -2.49. The van der Waals surface area contributed by atoms with E-state index in [-0.39, 0.29) is 18.4 Å². The largest absolute Gasteiger partial charge is 0.326 e. The fourth-order valence-corrected chi connectivity index (χ4v) is 7.29. The summed E-state index contributed by atoms with van der Waals surface area (Å²) < 4.78 is 27.6. The highest BCUT2D eigenvalue weighted by Gasteiger charge is 2.49. The Balaban J connectivity index is 1.59. The minimum Gasteiger partial charge on any atom is -0.326 e. The maximum Gasteiger partial charge on any atom is 0.255 e. The minimum atomic E-state index is -3.53. The average Bonchev–Trinajstić information content (AvgIpc) is 2.93. The molecular formula is C32H38N4O5S. The van der Waals surface area contributed by atoms with Gasteiger partial charge in [0.2, 0.25) is 10.0 Å². The molecule has 0 spiro atoms. The molecule has 4 atom stereocenters. The average molecular weight is 591 g/mol. The van der Waals surface area contributed by atoms with Crippen molar-refractivity contribution < 1.29 is 22.8 Å². The molecular weight excluding hydrogens is 552 g/mol. The van der Waals surface area contributed by atoms with E-state index in [0.29, 0.717) is 29.7 Å². The van der Waals surface area contributed by atoms with E-state index in [4.69, 9.17) is 4.84 Å². The smallest absolute Gasteiger partial charge is 0.255 e. The van der Waals surface area contributed by atoms with Crippen LogP contribution in [-0.2, 0) is 26.3 Å². The second-order valence-electron chi connectivity index (χ2n) is 11.5. The van der Waals surface area contributed by atoms with Crippen LogP contribution < -0.4 is 10.2 Å². The van der Waals surface area contributed by atoms with Crippen LogP contribution in [0, 0.1) is 20.8 Å². The highest BCUT2D eigenvalue weighted by atomic mass is 32.2. The Kier molecular flexibility index (Phi) is 8.77. The molecule has 2 aromatic carbocycles. The van der Waals surface area contributed by atoms with Gasteiger partial charge in [-0.3, -0.25) is 19.4 Å². The van der Waals surface area contributed by atoms with Gasteiger partial charge in [0.05, 0.1) is 23.9 Å². The summed E-state index contributed by atoms with van der Waals surface area (Å²) >= 11 is 0. The molecule has 2 heterocycles. The van der Waals surface area contributed by atoms with Gasteiger partial charge in [-0.1, -0.05) is 60.9 Å². The SMILES string of the molecule is Cc1ccc([C@H]2[C@H](C(=O)NOCc3cccc(C)n3)c3ccccc3C(=O)N2[C@H]2CCCCC2NS(C)(=O)=O)c(C)c1. The third kappa shape index (κ3) is 6.40. The highest BCUT2D eigenvalue weighted by Crippen LogP contribution is 2.46. The van der Waals surface area contributed by atoms with Crippen LogP contribution in [0.15, 0.2) is 60.7 Å². The van der Waals surface area contributed by atoms with Crippen molar-refractivity contribution in [1.82, 2.24) is 20.1 Å². The number of rotatable bonds is 8. The van der Waals surface area contributed by atoms with Gasteiger partial charge < -0.3 is 4.90 Å². The van der Waals surface area contributed by atoms with E-state index in [2.05, 4.69) is 15.2 Å². The third-order valence-electron chi connectivity index (χ3n) is 8.19. The summed E-state index contributed by atoms with van der Waals surface area (Å²) in [4.78, 5) is 40.4. The lowest BCUT2D eigenvalue weighted by atomic mass is 9.75. The van der Waals surface area contributed by atoms with Crippen LogP contribution in [0.3, 0.4) is 0 Å². The Hall–Kier alpha value is -3.60. The Morgan fingerprint density at radius 2 is 1.76 bits per heavy atom. The predicted octanol–water partition coefficient (Wildman–Crippen LogP) is 4.40. The second-order valence-corrected chi connectivity index (χ2v) is 13.2. The Bertz CT molecular complexity index is 1590. The Morgan fingerprint density at radius 1 is 1.00 bits per heavy atom. The number of carbonyl (C=O) groups excluding carboxylic acids is 2. The van der Waals surface area contributed by atoms with E-state index >= 15 is 0 Å². The zero-order valence-electron chi connectivity index (χ0n) is 24.5. The zero-order valence-corrected chi connectivity index (χ0v) is 25.3. The molecule has 5 rings (SSSR count). The number of hydroxylamine groups is 1. The van der Waals surface area contributed by atoms with Crippen LogP contribution in [0.4, 0.5) is 0 Å². The van der Waals surface area contributed by atoms with Gasteiger partial charge in [0.25, 0.3) is 11.8 Å². The summed E-state index contributed by atoms with van der Waals surface area (Å²) in [5.41, 5.74) is 8.07. The third-order valence-corrected chi connectivity index (χ3v) is 8.92. The van der Waals surface area contributed by atoms with Gasteiger partial charge in [-0.25, -0.2) is 18.6 Å². The first-order valence-corrected chi connectivity index (χ1v) is 16.2. The molecule has 42 heavy (non-hydrogen) atoms. The fourth-order valence-electron chi connectivity index (χ4n) is 6.47. The van der Waals surface area contributed by atoms with Gasteiger partial charge in [-0.15, -0.1) is 0 Å². The minimum absolute atomic E-state index is 0.0850. The number of aromatic nitrogens is 1. The van der Waals surface area contributed by atoms with Crippen LogP contribution in [0.2, 0.25) is 0 Å². The summed E-state index contributed by atoms with van der Waals surface area (Å²) in [6.45, 7) is 5.95. The van der Waals surface area contributed by atoms with Crippen molar-refractivity contribution in [3.05, 3.63) is 99.9 Å². The molecule has 2 N–H and O–H groups in total. The first-order valence-electron chi connectivity index (χ1n) is 14.3. The van der Waals surface area contributed by atoms with Gasteiger partial charge in [0, 0.05) is 23.3 Å². The maximum absolute atomic E-state index is 14.4. The molecule has 222 valence electrons. The molecule has 2 aliphatic rings.